The number of hydrogen-bond donors (Lipinski definition) is 1. The highest BCUT2D eigenvalue weighted by Gasteiger charge is 2.27. The molecule has 0 aliphatic heterocycles. The topological polar surface area (TPSA) is 160 Å². The van der Waals surface area contributed by atoms with E-state index in [0.717, 1.165) is 0 Å². The van der Waals surface area contributed by atoms with E-state index in [-0.39, 0.29) is 28.3 Å². The van der Waals surface area contributed by atoms with Gasteiger partial charge in [0.05, 0.1) is 27.7 Å². The van der Waals surface area contributed by atoms with Crippen LogP contribution in [0, 0.1) is 21.4 Å². The van der Waals surface area contributed by atoms with Gasteiger partial charge in [0.15, 0.2) is 17.2 Å². The number of fused-ring (bicyclic) bond motifs is 3. The summed E-state index contributed by atoms with van der Waals surface area (Å²) in [6, 6.07) is 15.1. The molecule has 0 aliphatic rings. The fourth-order valence-corrected chi connectivity index (χ4v) is 3.91. The monoisotopic (exact) mass is 481 g/mol. The lowest BCUT2D eigenvalue weighted by atomic mass is 9.91. The van der Waals surface area contributed by atoms with Crippen molar-refractivity contribution in [2.75, 3.05) is 0 Å². The molecule has 0 aliphatic carbocycles. The Kier molecular flexibility index (Phi) is 5.17. The predicted molar refractivity (Wildman–Crippen MR) is 131 cm³/mol. The van der Waals surface area contributed by atoms with E-state index in [1.54, 1.807) is 28.8 Å². The zero-order chi connectivity index (χ0) is 25.6. The summed E-state index contributed by atoms with van der Waals surface area (Å²) in [4.78, 5) is 26.7. The molecule has 0 atom stereocenters. The predicted octanol–water partition coefficient (Wildman–Crippen LogP) is 4.85. The number of nitro benzene ring substituents is 1. The van der Waals surface area contributed by atoms with Crippen LogP contribution in [0.15, 0.2) is 69.8 Å². The van der Waals surface area contributed by atoms with Gasteiger partial charge in [-0.2, -0.15) is 15.5 Å². The summed E-state index contributed by atoms with van der Waals surface area (Å²) in [7, 11) is 0. The first-order valence-corrected chi connectivity index (χ1v) is 10.9. The van der Waals surface area contributed by atoms with Crippen molar-refractivity contribution in [3.63, 3.8) is 0 Å². The lowest BCUT2D eigenvalue weighted by Gasteiger charge is -2.15. The van der Waals surface area contributed by atoms with Crippen LogP contribution < -0.4 is 5.56 Å². The number of nitriles is 1. The number of aromatic amines is 1. The van der Waals surface area contributed by atoms with Gasteiger partial charge in [0, 0.05) is 11.5 Å². The maximum Gasteiger partial charge on any atom is 0.294 e. The molecule has 0 saturated heterocycles. The fourth-order valence-electron chi connectivity index (χ4n) is 3.91. The van der Waals surface area contributed by atoms with Crippen LogP contribution in [0.4, 0.5) is 17.2 Å². The molecule has 5 aromatic rings. The molecule has 12 heteroatoms. The van der Waals surface area contributed by atoms with Gasteiger partial charge in [-0.1, -0.05) is 45.0 Å². The number of H-pyrrole nitrogens is 1. The summed E-state index contributed by atoms with van der Waals surface area (Å²) in [6.45, 7) is 5.85. The molecule has 12 nitrogen and oxygen atoms in total. The highest BCUT2D eigenvalue weighted by molar-refractivity contribution is 5.83. The van der Waals surface area contributed by atoms with Crippen molar-refractivity contribution in [1.29, 1.82) is 5.26 Å². The Morgan fingerprint density at radius 1 is 1.11 bits per heavy atom. The minimum atomic E-state index is -0.539. The smallest absolute Gasteiger partial charge is 0.294 e. The van der Waals surface area contributed by atoms with Crippen molar-refractivity contribution in [3.05, 3.63) is 86.5 Å². The fraction of sp³-hybridized carbons (Fsp3) is 0.167. The lowest BCUT2D eigenvalue weighted by molar-refractivity contribution is -0.384. The van der Waals surface area contributed by atoms with Gasteiger partial charge >= 0.3 is 0 Å². The van der Waals surface area contributed by atoms with Gasteiger partial charge < -0.3 is 4.98 Å². The molecule has 5 rings (SSSR count). The van der Waals surface area contributed by atoms with Crippen LogP contribution in [0.5, 0.6) is 0 Å². The Morgan fingerprint density at radius 2 is 1.83 bits per heavy atom. The summed E-state index contributed by atoms with van der Waals surface area (Å²) in [6.07, 6.45) is 1.27. The molecule has 0 amide bonds. The first kappa shape index (κ1) is 22.6. The maximum absolute atomic E-state index is 12.8. The normalized spacial score (nSPS) is 11.9. The van der Waals surface area contributed by atoms with Gasteiger partial charge in [-0.3, -0.25) is 14.9 Å². The molecule has 0 bridgehead atoms. The summed E-state index contributed by atoms with van der Waals surface area (Å²) in [5.41, 5.74) is 1.03. The molecule has 0 unspecified atom stereocenters. The number of benzene rings is 2. The minimum absolute atomic E-state index is 0.00847. The average Bonchev–Trinajstić information content (AvgIpc) is 3.44. The van der Waals surface area contributed by atoms with Crippen LogP contribution in [0.25, 0.3) is 22.2 Å². The Morgan fingerprint density at radius 3 is 2.56 bits per heavy atom. The molecule has 0 spiro atoms. The van der Waals surface area contributed by atoms with Crippen molar-refractivity contribution >= 4 is 33.7 Å². The third-order valence-corrected chi connectivity index (χ3v) is 5.60. The molecule has 2 aromatic carbocycles. The second kappa shape index (κ2) is 8.24. The van der Waals surface area contributed by atoms with Crippen molar-refractivity contribution in [2.45, 2.75) is 26.2 Å². The molecule has 178 valence electrons. The van der Waals surface area contributed by atoms with Crippen molar-refractivity contribution in [1.82, 2.24) is 24.4 Å². The zero-order valence-electron chi connectivity index (χ0n) is 19.5. The Hall–Kier alpha value is -5.18. The highest BCUT2D eigenvalue weighted by Crippen LogP contribution is 2.36. The quantitative estimate of drug-likeness (QED) is 0.219. The average molecular weight is 481 g/mol. The Bertz CT molecular complexity index is 1800. The number of azo groups is 1. The Labute approximate surface area is 203 Å². The second-order valence-corrected chi connectivity index (χ2v) is 9.03. The second-order valence-electron chi connectivity index (χ2n) is 9.03. The van der Waals surface area contributed by atoms with Gasteiger partial charge in [-0.05, 0) is 18.2 Å². The van der Waals surface area contributed by atoms with E-state index in [0.29, 0.717) is 27.9 Å². The van der Waals surface area contributed by atoms with E-state index < -0.39 is 10.3 Å². The van der Waals surface area contributed by atoms with Crippen LogP contribution in [0.2, 0.25) is 0 Å². The molecule has 3 aromatic heterocycles. The van der Waals surface area contributed by atoms with Crippen LogP contribution in [-0.2, 0) is 5.41 Å². The number of aromatic nitrogens is 5. The molecular weight excluding hydrogens is 462 g/mol. The number of hydrogen-bond acceptors (Lipinski definition) is 8. The third-order valence-electron chi connectivity index (χ3n) is 5.60. The summed E-state index contributed by atoms with van der Waals surface area (Å²) in [5.74, 6) is 0.00847. The van der Waals surface area contributed by atoms with Crippen LogP contribution >= 0.6 is 0 Å². The van der Waals surface area contributed by atoms with Gasteiger partial charge in [0.2, 0.25) is 0 Å². The SMILES string of the molecule is CC(C)(C)c1nn2c([nH]c(=O)c3ccccc32)c1N=Nc1c(C#N)cnn1-c1ccccc1[N+](=O)[O-]. The number of nitrogens with one attached hydrogen (secondary N) is 1. The van der Waals surface area contributed by atoms with E-state index in [2.05, 4.69) is 20.3 Å². The first-order chi connectivity index (χ1) is 17.2. The van der Waals surface area contributed by atoms with E-state index in [1.807, 2.05) is 32.9 Å². The van der Waals surface area contributed by atoms with Crippen molar-refractivity contribution < 1.29 is 4.92 Å². The summed E-state index contributed by atoms with van der Waals surface area (Å²) in [5, 5.41) is 39.2. The minimum Gasteiger partial charge on any atom is -0.304 e. The van der Waals surface area contributed by atoms with Gasteiger partial charge in [0.1, 0.15) is 17.3 Å². The largest absolute Gasteiger partial charge is 0.304 e. The van der Waals surface area contributed by atoms with E-state index in [4.69, 9.17) is 5.10 Å². The number of para-hydroxylation sites is 3. The third kappa shape index (κ3) is 3.59. The molecular formula is C24H19N9O3. The maximum atomic E-state index is 12.8. The van der Waals surface area contributed by atoms with E-state index in [9.17, 15) is 20.2 Å². The molecule has 3 heterocycles. The van der Waals surface area contributed by atoms with Gasteiger partial charge in [0.25, 0.3) is 11.2 Å². The molecule has 0 fully saturated rings. The number of nitrogens with zero attached hydrogens (tertiary/aromatic N) is 8. The standard InChI is InChI=1S/C24H19N9O3/c1-24(2,3)20-19(22-27-23(34)15-8-4-5-9-16(15)32(22)30-20)28-29-21-14(12-25)13-26-31(21)17-10-6-7-11-18(17)33(35)36/h4-11,13H,1-3H3,(H,27,34). The summed E-state index contributed by atoms with van der Waals surface area (Å²) < 4.78 is 2.80. The van der Waals surface area contributed by atoms with Crippen LogP contribution in [-0.4, -0.2) is 29.3 Å². The first-order valence-electron chi connectivity index (χ1n) is 10.9. The van der Waals surface area contributed by atoms with Crippen molar-refractivity contribution in [3.8, 4) is 11.8 Å². The molecule has 0 radical (unpaired) electrons. The molecule has 0 saturated carbocycles. The van der Waals surface area contributed by atoms with Crippen molar-refractivity contribution in [2.24, 2.45) is 10.2 Å². The zero-order valence-corrected chi connectivity index (χ0v) is 19.5. The molecule has 36 heavy (non-hydrogen) atoms. The Balaban J connectivity index is 1.76. The highest BCUT2D eigenvalue weighted by atomic mass is 16.6. The van der Waals surface area contributed by atoms with Gasteiger partial charge in [-0.15, -0.1) is 10.2 Å². The van der Waals surface area contributed by atoms with E-state index >= 15 is 0 Å². The van der Waals surface area contributed by atoms with E-state index in [1.165, 1.54) is 29.1 Å². The van der Waals surface area contributed by atoms with Gasteiger partial charge in [-0.25, -0.2) is 9.20 Å². The lowest BCUT2D eigenvalue weighted by Crippen LogP contribution is -2.12. The van der Waals surface area contributed by atoms with Crippen LogP contribution in [0.1, 0.15) is 32.0 Å². The number of rotatable bonds is 4. The number of nitro groups is 1. The molecule has 1 N–H and O–H groups in total. The summed E-state index contributed by atoms with van der Waals surface area (Å²) >= 11 is 0. The van der Waals surface area contributed by atoms with Crippen LogP contribution in [0.3, 0.4) is 0 Å².